The molecule has 1 N–H and O–H groups in total. The minimum atomic E-state index is -2.36. The van der Waals surface area contributed by atoms with Gasteiger partial charge in [0.25, 0.3) is 5.91 Å². The molecule has 1 heterocycles. The van der Waals surface area contributed by atoms with Gasteiger partial charge in [0.15, 0.2) is 18.1 Å². The first-order valence-corrected chi connectivity index (χ1v) is 10.8. The third-order valence-corrected chi connectivity index (χ3v) is 5.62. The van der Waals surface area contributed by atoms with E-state index in [4.69, 9.17) is 9.15 Å². The summed E-state index contributed by atoms with van der Waals surface area (Å²) in [6.45, 7) is -1.14. The maximum Gasteiger partial charge on any atom is 0.262 e. The fraction of sp³-hybridized carbons (Fsp3) is 0.0833. The molecule has 4 aromatic rings. The number of carbonyl (C=O) groups is 2. The molecule has 3 aromatic carbocycles. The van der Waals surface area contributed by atoms with E-state index >= 15 is 0 Å². The molecule has 6 nitrogen and oxygen atoms in total. The number of hydrogen-bond acceptors (Lipinski definition) is 5. The lowest BCUT2D eigenvalue weighted by Crippen LogP contribution is -2.22. The smallest absolute Gasteiger partial charge is 0.262 e. The molecule has 0 unspecified atom stereocenters. The lowest BCUT2D eigenvalue weighted by atomic mass is 10.1. The highest BCUT2D eigenvalue weighted by Crippen LogP contribution is 2.34. The van der Waals surface area contributed by atoms with Crippen LogP contribution in [-0.2, 0) is 4.79 Å². The van der Waals surface area contributed by atoms with Crippen LogP contribution in [0.5, 0.6) is 11.5 Å². The van der Waals surface area contributed by atoms with Gasteiger partial charge in [-0.3, -0.25) is 9.59 Å². The summed E-state index contributed by atoms with van der Waals surface area (Å²) < 4.78 is 83.5. The molecule has 0 aliphatic rings. The zero-order valence-electron chi connectivity index (χ0n) is 18.1. The van der Waals surface area contributed by atoms with Crippen LogP contribution in [-0.4, -0.2) is 25.4 Å². The number of para-hydroxylation sites is 1. The van der Waals surface area contributed by atoms with Gasteiger partial charge >= 0.3 is 0 Å². The van der Waals surface area contributed by atoms with E-state index in [0.29, 0.717) is 15.6 Å². The Balaban J connectivity index is 1.64. The van der Waals surface area contributed by atoms with Crippen molar-refractivity contribution in [1.29, 1.82) is 0 Å². The number of carbonyl (C=O) groups excluding carboxylic acids is 2. The Morgan fingerprint density at radius 2 is 1.58 bits per heavy atom. The van der Waals surface area contributed by atoms with E-state index in [1.165, 1.54) is 31.4 Å². The predicted octanol–water partition coefficient (Wildman–Crippen LogP) is 6.15. The molecule has 4 rings (SSSR count). The highest BCUT2D eigenvalue weighted by molar-refractivity contribution is 9.10. The molecule has 1 aromatic heterocycles. The number of fused-ring (bicyclic) bond motifs is 1. The van der Waals surface area contributed by atoms with Crippen molar-refractivity contribution in [3.05, 3.63) is 87.3 Å². The van der Waals surface area contributed by atoms with Crippen molar-refractivity contribution in [3.8, 4) is 11.5 Å². The molecule has 0 radical (unpaired) electrons. The van der Waals surface area contributed by atoms with Crippen molar-refractivity contribution in [1.82, 2.24) is 0 Å². The Hall–Kier alpha value is -3.93. The van der Waals surface area contributed by atoms with E-state index in [0.717, 1.165) is 0 Å². The van der Waals surface area contributed by atoms with Gasteiger partial charge in [-0.05, 0) is 46.3 Å². The third-order valence-electron chi connectivity index (χ3n) is 5.00. The van der Waals surface area contributed by atoms with Crippen molar-refractivity contribution in [3.63, 3.8) is 0 Å². The SMILES string of the molecule is COc1ccc(C(=O)c2oc3ccccc3c2NC(=O)COc2c(F)c(F)c(F)c(F)c2F)cc1Br. The normalized spacial score (nSPS) is 11.0. The number of benzene rings is 3. The van der Waals surface area contributed by atoms with Gasteiger partial charge in [-0.25, -0.2) is 13.2 Å². The fourth-order valence-electron chi connectivity index (χ4n) is 3.29. The fourth-order valence-corrected chi connectivity index (χ4v) is 3.83. The van der Waals surface area contributed by atoms with Crippen LogP contribution in [0.4, 0.5) is 27.6 Å². The Morgan fingerprint density at radius 3 is 2.22 bits per heavy atom. The lowest BCUT2D eigenvalue weighted by molar-refractivity contribution is -0.118. The molecule has 0 spiro atoms. The number of nitrogens with one attached hydrogen (secondary N) is 1. The van der Waals surface area contributed by atoms with Crippen molar-refractivity contribution in [2.24, 2.45) is 0 Å². The van der Waals surface area contributed by atoms with Crippen molar-refractivity contribution in [2.45, 2.75) is 0 Å². The summed E-state index contributed by atoms with van der Waals surface area (Å²) in [5.41, 5.74) is 0.341. The largest absolute Gasteiger partial charge is 0.496 e. The zero-order chi connectivity index (χ0) is 26.1. The molecular weight excluding hydrogens is 557 g/mol. The zero-order valence-corrected chi connectivity index (χ0v) is 19.6. The van der Waals surface area contributed by atoms with Gasteiger partial charge in [0.1, 0.15) is 11.3 Å². The summed E-state index contributed by atoms with van der Waals surface area (Å²) >= 11 is 3.28. The van der Waals surface area contributed by atoms with E-state index in [1.807, 2.05) is 0 Å². The second-order valence-corrected chi connectivity index (χ2v) is 8.07. The molecule has 0 fully saturated rings. The van der Waals surface area contributed by atoms with Crippen LogP contribution >= 0.6 is 15.9 Å². The Labute approximate surface area is 207 Å². The van der Waals surface area contributed by atoms with Crippen LogP contribution in [0.3, 0.4) is 0 Å². The monoisotopic (exact) mass is 569 g/mol. The lowest BCUT2D eigenvalue weighted by Gasteiger charge is -2.11. The number of amides is 1. The third kappa shape index (κ3) is 4.51. The van der Waals surface area contributed by atoms with Crippen LogP contribution in [0.1, 0.15) is 16.1 Å². The molecule has 186 valence electrons. The second-order valence-electron chi connectivity index (χ2n) is 7.22. The van der Waals surface area contributed by atoms with Crippen LogP contribution in [0.15, 0.2) is 51.4 Å². The molecule has 0 aliphatic carbocycles. The summed E-state index contributed by atoms with van der Waals surface area (Å²) in [5, 5.41) is 2.67. The van der Waals surface area contributed by atoms with Crippen molar-refractivity contribution < 1.29 is 45.4 Å². The number of rotatable bonds is 7. The highest BCUT2D eigenvalue weighted by atomic mass is 79.9. The maximum absolute atomic E-state index is 13.8. The number of furan rings is 1. The minimum Gasteiger partial charge on any atom is -0.496 e. The van der Waals surface area contributed by atoms with Crippen molar-refractivity contribution in [2.75, 3.05) is 19.0 Å². The first kappa shape index (κ1) is 25.2. The summed E-state index contributed by atoms with van der Waals surface area (Å²) in [7, 11) is 1.45. The minimum absolute atomic E-state index is 0.0754. The van der Waals surface area contributed by atoms with E-state index in [1.54, 1.807) is 18.2 Å². The first-order valence-electron chi connectivity index (χ1n) is 9.97. The maximum atomic E-state index is 13.8. The number of anilines is 1. The standard InChI is InChI=1S/C24H13BrF5NO5/c1-34-14-7-6-10(8-12(14)25)22(33)24-21(11-4-2-3-5-13(11)36-24)31-15(32)9-35-23-19(29)17(27)16(26)18(28)20(23)30/h2-8H,9H2,1H3,(H,31,32). The van der Waals surface area contributed by atoms with E-state index in [2.05, 4.69) is 26.0 Å². The van der Waals surface area contributed by atoms with Gasteiger partial charge < -0.3 is 19.2 Å². The number of methoxy groups -OCH3 is 1. The summed E-state index contributed by atoms with van der Waals surface area (Å²) in [6, 6.07) is 10.8. The molecular formula is C24H13BrF5NO5. The number of hydrogen-bond donors (Lipinski definition) is 1. The summed E-state index contributed by atoms with van der Waals surface area (Å²) in [6.07, 6.45) is 0. The molecule has 1 amide bonds. The average Bonchev–Trinajstić information content (AvgIpc) is 3.24. The Morgan fingerprint density at radius 1 is 0.944 bits per heavy atom. The van der Waals surface area contributed by atoms with Crippen LogP contribution in [0, 0.1) is 29.1 Å². The van der Waals surface area contributed by atoms with Gasteiger partial charge in [-0.2, -0.15) is 8.78 Å². The van der Waals surface area contributed by atoms with Crippen LogP contribution < -0.4 is 14.8 Å². The Bertz CT molecular complexity index is 1490. The van der Waals surface area contributed by atoms with Gasteiger partial charge in [0.2, 0.25) is 34.9 Å². The topological polar surface area (TPSA) is 77.8 Å². The summed E-state index contributed by atoms with van der Waals surface area (Å²) in [4.78, 5) is 25.7. The highest BCUT2D eigenvalue weighted by Gasteiger charge is 2.28. The Kier molecular flexibility index (Phi) is 6.97. The van der Waals surface area contributed by atoms with Gasteiger partial charge in [0.05, 0.1) is 17.3 Å². The predicted molar refractivity (Wildman–Crippen MR) is 121 cm³/mol. The molecule has 0 aliphatic heterocycles. The molecule has 36 heavy (non-hydrogen) atoms. The van der Waals surface area contributed by atoms with Gasteiger partial charge in [-0.1, -0.05) is 12.1 Å². The van der Waals surface area contributed by atoms with Gasteiger partial charge in [-0.15, -0.1) is 0 Å². The quantitative estimate of drug-likeness (QED) is 0.125. The number of ketones is 1. The van der Waals surface area contributed by atoms with E-state index in [9.17, 15) is 31.5 Å². The van der Waals surface area contributed by atoms with Crippen LogP contribution in [0.25, 0.3) is 11.0 Å². The summed E-state index contributed by atoms with van der Waals surface area (Å²) in [5.74, 6) is -14.3. The number of ether oxygens (including phenoxy) is 2. The molecule has 12 heteroatoms. The number of halogens is 6. The molecule has 0 saturated carbocycles. The van der Waals surface area contributed by atoms with E-state index in [-0.39, 0.29) is 22.6 Å². The molecule has 0 atom stereocenters. The average molecular weight is 570 g/mol. The molecule has 0 bridgehead atoms. The molecule has 0 saturated heterocycles. The second kappa shape index (κ2) is 9.97. The van der Waals surface area contributed by atoms with E-state index < -0.39 is 53.1 Å². The van der Waals surface area contributed by atoms with Gasteiger partial charge in [0, 0.05) is 10.9 Å². The first-order chi connectivity index (χ1) is 17.1. The van der Waals surface area contributed by atoms with Crippen molar-refractivity contribution >= 4 is 44.3 Å². The van der Waals surface area contributed by atoms with Crippen LogP contribution in [0.2, 0.25) is 0 Å².